The predicted octanol–water partition coefficient (Wildman–Crippen LogP) is 1.52. The molecule has 86 valence electrons. The van der Waals surface area contributed by atoms with Gasteiger partial charge < -0.3 is 10.6 Å². The maximum absolute atomic E-state index is 12.3. The summed E-state index contributed by atoms with van der Waals surface area (Å²) in [6.45, 7) is 3.78. The summed E-state index contributed by atoms with van der Waals surface area (Å²) >= 11 is 0. The number of hydrogen-bond donors (Lipinski definition) is 1. The van der Waals surface area contributed by atoms with Gasteiger partial charge in [-0.3, -0.25) is 4.79 Å². The molecule has 1 saturated carbocycles. The van der Waals surface area contributed by atoms with Gasteiger partial charge >= 0.3 is 0 Å². The number of hydrogen-bond acceptors (Lipinski definition) is 2. The number of rotatable bonds is 1. The van der Waals surface area contributed by atoms with E-state index in [2.05, 4.69) is 6.92 Å². The van der Waals surface area contributed by atoms with Crippen LogP contribution in [0.2, 0.25) is 0 Å². The van der Waals surface area contributed by atoms with E-state index in [1.165, 1.54) is 19.3 Å². The minimum atomic E-state index is -0.0810. The highest BCUT2D eigenvalue weighted by Crippen LogP contribution is 2.37. The lowest BCUT2D eigenvalue weighted by Gasteiger charge is -2.35. The van der Waals surface area contributed by atoms with Gasteiger partial charge in [-0.2, -0.15) is 0 Å². The quantitative estimate of drug-likeness (QED) is 0.713. The summed E-state index contributed by atoms with van der Waals surface area (Å²) in [6.07, 6.45) is 6.82. The Morgan fingerprint density at radius 2 is 2.00 bits per heavy atom. The minimum Gasteiger partial charge on any atom is -0.341 e. The fourth-order valence-corrected chi connectivity index (χ4v) is 2.90. The summed E-state index contributed by atoms with van der Waals surface area (Å²) in [5.74, 6) is 0.357. The molecule has 0 spiro atoms. The number of carbonyl (C=O) groups excluding carboxylic acids is 1. The van der Waals surface area contributed by atoms with Crippen molar-refractivity contribution in [3.63, 3.8) is 0 Å². The van der Waals surface area contributed by atoms with Gasteiger partial charge in [-0.05, 0) is 19.3 Å². The fourth-order valence-electron chi connectivity index (χ4n) is 2.90. The van der Waals surface area contributed by atoms with E-state index in [0.717, 1.165) is 32.4 Å². The van der Waals surface area contributed by atoms with Crippen molar-refractivity contribution in [2.45, 2.75) is 51.5 Å². The second-order valence-electron chi connectivity index (χ2n) is 5.42. The third kappa shape index (κ3) is 2.17. The largest absolute Gasteiger partial charge is 0.341 e. The van der Waals surface area contributed by atoms with Crippen molar-refractivity contribution in [3.8, 4) is 0 Å². The van der Waals surface area contributed by atoms with Crippen LogP contribution in [0.25, 0.3) is 0 Å². The Morgan fingerprint density at radius 1 is 1.33 bits per heavy atom. The van der Waals surface area contributed by atoms with Gasteiger partial charge in [-0.25, -0.2) is 0 Å². The third-order valence-electron chi connectivity index (χ3n) is 3.99. The second-order valence-corrected chi connectivity index (χ2v) is 5.42. The molecule has 1 aliphatic heterocycles. The van der Waals surface area contributed by atoms with Crippen molar-refractivity contribution in [2.75, 3.05) is 13.1 Å². The lowest BCUT2D eigenvalue weighted by molar-refractivity contribution is -0.142. The first-order chi connectivity index (χ1) is 7.12. The Morgan fingerprint density at radius 3 is 2.53 bits per heavy atom. The summed E-state index contributed by atoms with van der Waals surface area (Å²) in [5.41, 5.74) is 5.76. The normalized spacial score (nSPS) is 30.5. The molecule has 15 heavy (non-hydrogen) atoms. The van der Waals surface area contributed by atoms with Gasteiger partial charge in [-0.15, -0.1) is 0 Å². The molecule has 2 aliphatic rings. The van der Waals surface area contributed by atoms with Crippen LogP contribution >= 0.6 is 0 Å². The van der Waals surface area contributed by atoms with Crippen molar-refractivity contribution in [1.82, 2.24) is 4.90 Å². The summed E-state index contributed by atoms with van der Waals surface area (Å²) < 4.78 is 0. The zero-order valence-electron chi connectivity index (χ0n) is 9.67. The predicted molar refractivity (Wildman–Crippen MR) is 60.4 cm³/mol. The first-order valence-electron chi connectivity index (χ1n) is 6.17. The second kappa shape index (κ2) is 4.12. The summed E-state index contributed by atoms with van der Waals surface area (Å²) in [5, 5.41) is 0. The maximum atomic E-state index is 12.3. The van der Waals surface area contributed by atoms with Crippen LogP contribution in [0, 0.1) is 5.41 Å². The Kier molecular flexibility index (Phi) is 3.01. The zero-order valence-corrected chi connectivity index (χ0v) is 9.67. The van der Waals surface area contributed by atoms with E-state index in [1.807, 2.05) is 4.90 Å². The van der Waals surface area contributed by atoms with Crippen molar-refractivity contribution >= 4 is 5.91 Å². The molecule has 2 N–H and O–H groups in total. The molecule has 1 atom stereocenters. The fraction of sp³-hybridized carbons (Fsp3) is 0.917. The van der Waals surface area contributed by atoms with E-state index >= 15 is 0 Å². The topological polar surface area (TPSA) is 46.3 Å². The first kappa shape index (κ1) is 10.9. The SMILES string of the molecule is CC1(C(=O)N2CC[C@@H](N)C2)CCCCC1. The number of nitrogens with zero attached hydrogens (tertiary/aromatic N) is 1. The molecule has 1 saturated heterocycles. The Balaban J connectivity index is 1.99. The van der Waals surface area contributed by atoms with E-state index in [1.54, 1.807) is 0 Å². The average Bonchev–Trinajstić information content (AvgIpc) is 2.65. The minimum absolute atomic E-state index is 0.0810. The third-order valence-corrected chi connectivity index (χ3v) is 3.99. The highest BCUT2D eigenvalue weighted by molar-refractivity contribution is 5.82. The standard InChI is InChI=1S/C12H22N2O/c1-12(6-3-2-4-7-12)11(15)14-8-5-10(13)9-14/h10H,2-9,13H2,1H3/t10-/m1/s1. The Hall–Kier alpha value is -0.570. The molecule has 0 radical (unpaired) electrons. The molecular weight excluding hydrogens is 188 g/mol. The van der Waals surface area contributed by atoms with Crippen LogP contribution in [0.3, 0.4) is 0 Å². The van der Waals surface area contributed by atoms with Crippen molar-refractivity contribution in [3.05, 3.63) is 0 Å². The molecule has 3 heteroatoms. The number of nitrogens with two attached hydrogens (primary N) is 1. The number of likely N-dealkylation sites (tertiary alicyclic amines) is 1. The zero-order chi connectivity index (χ0) is 10.9. The van der Waals surface area contributed by atoms with Crippen LogP contribution in [-0.2, 0) is 4.79 Å². The van der Waals surface area contributed by atoms with Crippen molar-refractivity contribution in [1.29, 1.82) is 0 Å². The molecule has 0 aromatic rings. The van der Waals surface area contributed by atoms with E-state index in [4.69, 9.17) is 5.73 Å². The van der Waals surface area contributed by atoms with Crippen LogP contribution in [0.15, 0.2) is 0 Å². The number of amides is 1. The van der Waals surface area contributed by atoms with Gasteiger partial charge in [-0.1, -0.05) is 26.2 Å². The molecular formula is C12H22N2O. The van der Waals surface area contributed by atoms with Crippen LogP contribution < -0.4 is 5.73 Å². The molecule has 0 aromatic heterocycles. The van der Waals surface area contributed by atoms with Gasteiger partial charge in [0, 0.05) is 24.5 Å². The molecule has 1 heterocycles. The molecule has 3 nitrogen and oxygen atoms in total. The smallest absolute Gasteiger partial charge is 0.228 e. The van der Waals surface area contributed by atoms with Crippen LogP contribution in [0.4, 0.5) is 0 Å². The van der Waals surface area contributed by atoms with E-state index < -0.39 is 0 Å². The van der Waals surface area contributed by atoms with Crippen LogP contribution in [0.5, 0.6) is 0 Å². The van der Waals surface area contributed by atoms with Crippen LogP contribution in [0.1, 0.15) is 45.4 Å². The number of carbonyl (C=O) groups is 1. The van der Waals surface area contributed by atoms with Gasteiger partial charge in [0.25, 0.3) is 0 Å². The lowest BCUT2D eigenvalue weighted by atomic mass is 9.75. The van der Waals surface area contributed by atoms with Crippen molar-refractivity contribution < 1.29 is 4.79 Å². The first-order valence-corrected chi connectivity index (χ1v) is 6.17. The van der Waals surface area contributed by atoms with Crippen LogP contribution in [-0.4, -0.2) is 29.9 Å². The molecule has 2 rings (SSSR count). The molecule has 0 bridgehead atoms. The van der Waals surface area contributed by atoms with Gasteiger partial charge in [0.05, 0.1) is 0 Å². The maximum Gasteiger partial charge on any atom is 0.228 e. The van der Waals surface area contributed by atoms with Gasteiger partial charge in [0.15, 0.2) is 0 Å². The van der Waals surface area contributed by atoms with E-state index in [0.29, 0.717) is 5.91 Å². The van der Waals surface area contributed by atoms with E-state index in [-0.39, 0.29) is 11.5 Å². The summed E-state index contributed by atoms with van der Waals surface area (Å²) in [4.78, 5) is 14.3. The monoisotopic (exact) mass is 210 g/mol. The average molecular weight is 210 g/mol. The van der Waals surface area contributed by atoms with Gasteiger partial charge in [0.1, 0.15) is 0 Å². The summed E-state index contributed by atoms with van der Waals surface area (Å²) in [7, 11) is 0. The Labute approximate surface area is 92.0 Å². The highest BCUT2D eigenvalue weighted by Gasteiger charge is 2.39. The summed E-state index contributed by atoms with van der Waals surface area (Å²) in [6, 6.07) is 0.209. The molecule has 0 aromatic carbocycles. The molecule has 2 fully saturated rings. The Bertz CT molecular complexity index is 246. The molecule has 1 amide bonds. The van der Waals surface area contributed by atoms with E-state index in [9.17, 15) is 4.79 Å². The van der Waals surface area contributed by atoms with Gasteiger partial charge in [0.2, 0.25) is 5.91 Å². The molecule has 0 unspecified atom stereocenters. The molecule has 1 aliphatic carbocycles. The lowest BCUT2D eigenvalue weighted by Crippen LogP contribution is -2.43. The van der Waals surface area contributed by atoms with Crippen molar-refractivity contribution in [2.24, 2.45) is 11.1 Å². The highest BCUT2D eigenvalue weighted by atomic mass is 16.2.